The summed E-state index contributed by atoms with van der Waals surface area (Å²) in [6.07, 6.45) is 3.89. The predicted molar refractivity (Wildman–Crippen MR) is 74.7 cm³/mol. The fourth-order valence-electron chi connectivity index (χ4n) is 2.56. The van der Waals surface area contributed by atoms with E-state index < -0.39 is 0 Å². The van der Waals surface area contributed by atoms with Crippen LogP contribution in [-0.4, -0.2) is 18.1 Å². The Morgan fingerprint density at radius 2 is 2.11 bits per heavy atom. The molecule has 2 N–H and O–H groups in total. The first-order valence-electron chi connectivity index (χ1n) is 6.37. The van der Waals surface area contributed by atoms with Crippen molar-refractivity contribution in [2.24, 2.45) is 0 Å². The fraction of sp³-hybridized carbons (Fsp3) is 0.267. The third-order valence-corrected chi connectivity index (χ3v) is 3.52. The monoisotopic (exact) mass is 239 g/mol. The highest BCUT2D eigenvalue weighted by Crippen LogP contribution is 2.31. The Labute approximate surface area is 107 Å². The van der Waals surface area contributed by atoms with Crippen LogP contribution in [-0.2, 0) is 12.8 Å². The maximum Gasteiger partial charge on any atom is 0.0421 e. The van der Waals surface area contributed by atoms with Gasteiger partial charge in [-0.1, -0.05) is 12.1 Å². The van der Waals surface area contributed by atoms with Crippen LogP contribution in [0.3, 0.4) is 0 Å². The van der Waals surface area contributed by atoms with E-state index in [0.29, 0.717) is 0 Å². The van der Waals surface area contributed by atoms with Gasteiger partial charge >= 0.3 is 0 Å². The Bertz CT molecular complexity index is 537. The van der Waals surface area contributed by atoms with E-state index in [1.807, 2.05) is 30.5 Å². The second-order valence-corrected chi connectivity index (χ2v) is 4.65. The van der Waals surface area contributed by atoms with Crippen molar-refractivity contribution in [2.45, 2.75) is 12.8 Å². The highest BCUT2D eigenvalue weighted by molar-refractivity contribution is 5.68. The summed E-state index contributed by atoms with van der Waals surface area (Å²) < 4.78 is 0. The van der Waals surface area contributed by atoms with Crippen LogP contribution in [0.2, 0.25) is 0 Å². The van der Waals surface area contributed by atoms with E-state index in [1.165, 1.54) is 11.3 Å². The highest BCUT2D eigenvalue weighted by atomic mass is 15.1. The van der Waals surface area contributed by atoms with Gasteiger partial charge in [-0.15, -0.1) is 0 Å². The van der Waals surface area contributed by atoms with Crippen molar-refractivity contribution in [3.63, 3.8) is 0 Å². The van der Waals surface area contributed by atoms with Gasteiger partial charge in [0.15, 0.2) is 0 Å². The van der Waals surface area contributed by atoms with Gasteiger partial charge in [0.25, 0.3) is 0 Å². The molecule has 1 aliphatic rings. The third kappa shape index (κ3) is 2.04. The zero-order valence-corrected chi connectivity index (χ0v) is 10.3. The first-order chi connectivity index (χ1) is 8.84. The van der Waals surface area contributed by atoms with Crippen LogP contribution in [0.4, 0.5) is 11.4 Å². The van der Waals surface area contributed by atoms with Gasteiger partial charge < -0.3 is 10.6 Å². The summed E-state index contributed by atoms with van der Waals surface area (Å²) in [4.78, 5) is 6.77. The number of nitrogens with two attached hydrogens (primary N) is 1. The third-order valence-electron chi connectivity index (χ3n) is 3.52. The van der Waals surface area contributed by atoms with E-state index in [-0.39, 0.29) is 0 Å². The standard InChI is InChI=1S/C15H17N3/c16-14-5-3-6-15-13(14)8-11-18(15)10-7-12-4-1-2-9-17-12/h1-6,9H,7-8,10-11,16H2. The molecule has 2 heterocycles. The number of pyridine rings is 1. The number of fused-ring (bicyclic) bond motifs is 1. The maximum atomic E-state index is 6.00. The van der Waals surface area contributed by atoms with Crippen LogP contribution >= 0.6 is 0 Å². The quantitative estimate of drug-likeness (QED) is 0.835. The molecule has 1 aliphatic heterocycles. The Morgan fingerprint density at radius 1 is 1.17 bits per heavy atom. The first-order valence-corrected chi connectivity index (χ1v) is 6.37. The van der Waals surface area contributed by atoms with Crippen molar-refractivity contribution < 1.29 is 0 Å². The van der Waals surface area contributed by atoms with Gasteiger partial charge in [0.05, 0.1) is 0 Å². The molecule has 0 saturated carbocycles. The van der Waals surface area contributed by atoms with Gasteiger partial charge in [0.1, 0.15) is 0 Å². The molecule has 3 nitrogen and oxygen atoms in total. The number of nitrogen functional groups attached to an aromatic ring is 1. The van der Waals surface area contributed by atoms with Gasteiger partial charge in [-0.25, -0.2) is 0 Å². The topological polar surface area (TPSA) is 42.1 Å². The lowest BCUT2D eigenvalue weighted by atomic mass is 10.1. The van der Waals surface area contributed by atoms with Crippen molar-refractivity contribution in [2.75, 3.05) is 23.7 Å². The van der Waals surface area contributed by atoms with Gasteiger partial charge in [-0.05, 0) is 30.7 Å². The summed E-state index contributed by atoms with van der Waals surface area (Å²) in [7, 11) is 0. The average molecular weight is 239 g/mol. The Balaban J connectivity index is 1.72. The smallest absolute Gasteiger partial charge is 0.0421 e. The first kappa shape index (κ1) is 11.1. The minimum atomic E-state index is 0.924. The van der Waals surface area contributed by atoms with E-state index >= 15 is 0 Å². The molecule has 0 aliphatic carbocycles. The fourth-order valence-corrected chi connectivity index (χ4v) is 2.56. The van der Waals surface area contributed by atoms with Crippen LogP contribution in [0.25, 0.3) is 0 Å². The maximum absolute atomic E-state index is 6.00. The van der Waals surface area contributed by atoms with Crippen LogP contribution < -0.4 is 10.6 Å². The predicted octanol–water partition coefficient (Wildman–Crippen LogP) is 2.27. The molecule has 0 spiro atoms. The van der Waals surface area contributed by atoms with E-state index in [1.54, 1.807) is 0 Å². The molecule has 0 atom stereocenters. The number of hydrogen-bond donors (Lipinski definition) is 1. The summed E-state index contributed by atoms with van der Waals surface area (Å²) in [6, 6.07) is 12.3. The van der Waals surface area contributed by atoms with Crippen LogP contribution in [0.1, 0.15) is 11.3 Å². The SMILES string of the molecule is Nc1cccc2c1CCN2CCc1ccccn1. The summed E-state index contributed by atoms with van der Waals surface area (Å²) in [5, 5.41) is 0. The molecule has 0 amide bonds. The normalized spacial score (nSPS) is 13.7. The molecule has 0 fully saturated rings. The Kier molecular flexibility index (Phi) is 2.89. The number of anilines is 2. The Hall–Kier alpha value is -2.03. The van der Waals surface area contributed by atoms with Crippen LogP contribution in [0, 0.1) is 0 Å². The van der Waals surface area contributed by atoms with Crippen molar-refractivity contribution in [3.8, 4) is 0 Å². The average Bonchev–Trinajstić information content (AvgIpc) is 2.82. The van der Waals surface area contributed by atoms with E-state index in [0.717, 1.165) is 37.3 Å². The highest BCUT2D eigenvalue weighted by Gasteiger charge is 2.20. The van der Waals surface area contributed by atoms with Gasteiger partial charge in [0.2, 0.25) is 0 Å². The lowest BCUT2D eigenvalue weighted by Gasteiger charge is -2.19. The molecule has 3 rings (SSSR count). The second kappa shape index (κ2) is 4.69. The molecule has 1 aromatic carbocycles. The number of hydrogen-bond acceptors (Lipinski definition) is 3. The zero-order chi connectivity index (χ0) is 12.4. The molecular formula is C15H17N3. The molecule has 0 radical (unpaired) electrons. The van der Waals surface area contributed by atoms with Crippen molar-refractivity contribution in [1.29, 1.82) is 0 Å². The lowest BCUT2D eigenvalue weighted by molar-refractivity contribution is 0.799. The summed E-state index contributed by atoms with van der Waals surface area (Å²) in [6.45, 7) is 2.07. The van der Waals surface area contributed by atoms with Gasteiger partial charge in [-0.3, -0.25) is 4.98 Å². The molecule has 0 unspecified atom stereocenters. The van der Waals surface area contributed by atoms with Gasteiger partial charge in [0, 0.05) is 48.3 Å². The summed E-state index contributed by atoms with van der Waals surface area (Å²) in [5.74, 6) is 0. The second-order valence-electron chi connectivity index (χ2n) is 4.65. The summed E-state index contributed by atoms with van der Waals surface area (Å²) in [5.41, 5.74) is 10.7. The number of benzene rings is 1. The molecule has 1 aromatic heterocycles. The van der Waals surface area contributed by atoms with E-state index in [2.05, 4.69) is 22.0 Å². The lowest BCUT2D eigenvalue weighted by Crippen LogP contribution is -2.23. The largest absolute Gasteiger partial charge is 0.398 e. The van der Waals surface area contributed by atoms with Crippen LogP contribution in [0.15, 0.2) is 42.6 Å². The van der Waals surface area contributed by atoms with Gasteiger partial charge in [-0.2, -0.15) is 0 Å². The molecule has 18 heavy (non-hydrogen) atoms. The van der Waals surface area contributed by atoms with Crippen molar-refractivity contribution >= 4 is 11.4 Å². The van der Waals surface area contributed by atoms with Crippen LogP contribution in [0.5, 0.6) is 0 Å². The van der Waals surface area contributed by atoms with Crippen molar-refractivity contribution in [3.05, 3.63) is 53.9 Å². The number of aromatic nitrogens is 1. The number of nitrogens with zero attached hydrogens (tertiary/aromatic N) is 2. The Morgan fingerprint density at radius 3 is 2.94 bits per heavy atom. The molecule has 92 valence electrons. The summed E-state index contributed by atoms with van der Waals surface area (Å²) >= 11 is 0. The zero-order valence-electron chi connectivity index (χ0n) is 10.3. The van der Waals surface area contributed by atoms with E-state index in [9.17, 15) is 0 Å². The molecule has 0 bridgehead atoms. The minimum Gasteiger partial charge on any atom is -0.398 e. The van der Waals surface area contributed by atoms with E-state index in [4.69, 9.17) is 5.73 Å². The molecular weight excluding hydrogens is 222 g/mol. The molecule has 3 heteroatoms. The van der Waals surface area contributed by atoms with Crippen molar-refractivity contribution in [1.82, 2.24) is 4.98 Å². The minimum absolute atomic E-state index is 0.924. The molecule has 0 saturated heterocycles. The number of rotatable bonds is 3. The molecule has 2 aromatic rings.